The van der Waals surface area contributed by atoms with Crippen LogP contribution < -0.4 is 5.32 Å². The number of halogens is 1. The third-order valence-electron chi connectivity index (χ3n) is 3.08. The van der Waals surface area contributed by atoms with Crippen LogP contribution in [0.15, 0.2) is 54.7 Å². The molecule has 0 atom stereocenters. The molecule has 0 amide bonds. The van der Waals surface area contributed by atoms with Crippen LogP contribution in [0.1, 0.15) is 11.4 Å². The number of nitrogens with one attached hydrogen (secondary N) is 1. The van der Waals surface area contributed by atoms with Crippen molar-refractivity contribution in [3.63, 3.8) is 0 Å². The topological polar surface area (TPSA) is 79.4 Å². The summed E-state index contributed by atoms with van der Waals surface area (Å²) in [5.74, 6) is 0.146. The average Bonchev–Trinajstić information content (AvgIpc) is 3.04. The summed E-state index contributed by atoms with van der Waals surface area (Å²) in [6.45, 7) is 0. The molecule has 3 aromatic rings. The molecule has 2 aromatic carbocycles. The SMILES string of the molecule is N#Cc1ccccc1NC=Cc1nnnn1-c1ccc(F)cc1. The minimum atomic E-state index is -0.325. The van der Waals surface area contributed by atoms with Crippen LogP contribution >= 0.6 is 0 Å². The highest BCUT2D eigenvalue weighted by atomic mass is 19.1. The van der Waals surface area contributed by atoms with Crippen LogP contribution in [0, 0.1) is 17.1 Å². The van der Waals surface area contributed by atoms with E-state index in [-0.39, 0.29) is 5.82 Å². The summed E-state index contributed by atoms with van der Waals surface area (Å²) >= 11 is 0. The Morgan fingerprint density at radius 2 is 1.91 bits per heavy atom. The second-order valence-electron chi connectivity index (χ2n) is 4.56. The van der Waals surface area contributed by atoms with Crippen LogP contribution in [0.4, 0.5) is 10.1 Å². The van der Waals surface area contributed by atoms with Crippen molar-refractivity contribution in [2.45, 2.75) is 0 Å². The van der Waals surface area contributed by atoms with Gasteiger partial charge < -0.3 is 5.32 Å². The molecule has 0 fully saturated rings. The lowest BCUT2D eigenvalue weighted by atomic mass is 10.2. The molecule has 0 saturated heterocycles. The molecule has 0 aliphatic carbocycles. The molecular weight excluding hydrogens is 295 g/mol. The molecule has 3 rings (SSSR count). The Labute approximate surface area is 131 Å². The molecule has 0 spiro atoms. The Hall–Kier alpha value is -3.53. The van der Waals surface area contributed by atoms with Gasteiger partial charge >= 0.3 is 0 Å². The predicted octanol–water partition coefficient (Wildman–Crippen LogP) is 2.76. The van der Waals surface area contributed by atoms with E-state index in [1.807, 2.05) is 6.07 Å². The highest BCUT2D eigenvalue weighted by Crippen LogP contribution is 2.14. The van der Waals surface area contributed by atoms with Crippen molar-refractivity contribution >= 4 is 11.8 Å². The molecule has 0 aliphatic rings. The molecule has 7 heteroatoms. The molecule has 1 N–H and O–H groups in total. The van der Waals surface area contributed by atoms with E-state index in [1.54, 1.807) is 42.6 Å². The fraction of sp³-hybridized carbons (Fsp3) is 0. The van der Waals surface area contributed by atoms with Gasteiger partial charge in [-0.1, -0.05) is 12.1 Å². The monoisotopic (exact) mass is 306 g/mol. The van der Waals surface area contributed by atoms with Gasteiger partial charge in [-0.15, -0.1) is 5.10 Å². The lowest BCUT2D eigenvalue weighted by Gasteiger charge is -2.03. The largest absolute Gasteiger partial charge is 0.360 e. The second-order valence-corrected chi connectivity index (χ2v) is 4.56. The van der Waals surface area contributed by atoms with Crippen LogP contribution in [0.25, 0.3) is 11.8 Å². The zero-order valence-corrected chi connectivity index (χ0v) is 11.9. The molecule has 0 unspecified atom stereocenters. The van der Waals surface area contributed by atoms with Gasteiger partial charge in [0.1, 0.15) is 11.9 Å². The van der Waals surface area contributed by atoms with E-state index >= 15 is 0 Å². The molecule has 112 valence electrons. The number of hydrogen-bond donors (Lipinski definition) is 1. The maximum Gasteiger partial charge on any atom is 0.181 e. The third kappa shape index (κ3) is 3.22. The van der Waals surface area contributed by atoms with E-state index < -0.39 is 0 Å². The Morgan fingerprint density at radius 1 is 1.13 bits per heavy atom. The maximum atomic E-state index is 13.0. The molecule has 6 nitrogen and oxygen atoms in total. The van der Waals surface area contributed by atoms with Crippen molar-refractivity contribution in [1.29, 1.82) is 5.26 Å². The van der Waals surface area contributed by atoms with E-state index in [2.05, 4.69) is 26.9 Å². The lowest BCUT2D eigenvalue weighted by Crippen LogP contribution is -2.00. The van der Waals surface area contributed by atoms with Crippen molar-refractivity contribution in [2.75, 3.05) is 5.32 Å². The fourth-order valence-electron chi connectivity index (χ4n) is 1.98. The summed E-state index contributed by atoms with van der Waals surface area (Å²) in [4.78, 5) is 0. The minimum Gasteiger partial charge on any atom is -0.360 e. The van der Waals surface area contributed by atoms with Crippen LogP contribution in [0.2, 0.25) is 0 Å². The second kappa shape index (κ2) is 6.49. The highest BCUT2D eigenvalue weighted by molar-refractivity contribution is 5.60. The summed E-state index contributed by atoms with van der Waals surface area (Å²) in [5, 5.41) is 23.5. The summed E-state index contributed by atoms with van der Waals surface area (Å²) in [6.07, 6.45) is 3.30. The number of benzene rings is 2. The Kier molecular flexibility index (Phi) is 4.07. The van der Waals surface area contributed by atoms with Gasteiger partial charge in [0.25, 0.3) is 0 Å². The lowest BCUT2D eigenvalue weighted by molar-refractivity contribution is 0.626. The predicted molar refractivity (Wildman–Crippen MR) is 82.9 cm³/mol. The van der Waals surface area contributed by atoms with Gasteiger partial charge in [-0.2, -0.15) is 9.94 Å². The van der Waals surface area contributed by atoms with Gasteiger partial charge in [0.2, 0.25) is 0 Å². The van der Waals surface area contributed by atoms with Crippen LogP contribution in [-0.2, 0) is 0 Å². The average molecular weight is 306 g/mol. The van der Waals surface area contributed by atoms with E-state index in [0.717, 1.165) is 0 Å². The Balaban J connectivity index is 1.80. The zero-order chi connectivity index (χ0) is 16.1. The van der Waals surface area contributed by atoms with Gasteiger partial charge in [0, 0.05) is 12.3 Å². The van der Waals surface area contributed by atoms with Gasteiger partial charge in [-0.3, -0.25) is 0 Å². The summed E-state index contributed by atoms with van der Waals surface area (Å²) in [7, 11) is 0. The van der Waals surface area contributed by atoms with Crippen molar-refractivity contribution in [2.24, 2.45) is 0 Å². The van der Waals surface area contributed by atoms with Crippen LogP contribution in [0.3, 0.4) is 0 Å². The van der Waals surface area contributed by atoms with E-state index in [0.29, 0.717) is 22.8 Å². The van der Waals surface area contributed by atoms with Crippen molar-refractivity contribution < 1.29 is 4.39 Å². The Bertz CT molecular complexity index is 876. The zero-order valence-electron chi connectivity index (χ0n) is 11.9. The summed E-state index contributed by atoms with van der Waals surface area (Å²) in [6, 6.07) is 15.1. The Morgan fingerprint density at radius 3 is 2.70 bits per heavy atom. The molecular formula is C16H11FN6. The van der Waals surface area contributed by atoms with Gasteiger partial charge in [0.05, 0.1) is 16.9 Å². The van der Waals surface area contributed by atoms with Crippen LogP contribution in [0.5, 0.6) is 0 Å². The number of nitrogens with zero attached hydrogens (tertiary/aromatic N) is 5. The van der Waals surface area contributed by atoms with Crippen molar-refractivity contribution in [3.8, 4) is 11.8 Å². The molecule has 1 heterocycles. The fourth-order valence-corrected chi connectivity index (χ4v) is 1.98. The number of anilines is 1. The molecule has 0 bridgehead atoms. The number of aromatic nitrogens is 4. The van der Waals surface area contributed by atoms with Gasteiger partial charge in [-0.25, -0.2) is 4.39 Å². The van der Waals surface area contributed by atoms with Crippen molar-refractivity contribution in [3.05, 3.63) is 71.9 Å². The normalized spacial score (nSPS) is 10.6. The van der Waals surface area contributed by atoms with Crippen molar-refractivity contribution in [1.82, 2.24) is 20.2 Å². The van der Waals surface area contributed by atoms with E-state index in [4.69, 9.17) is 5.26 Å². The first-order valence-electron chi connectivity index (χ1n) is 6.74. The first-order chi connectivity index (χ1) is 11.3. The third-order valence-corrected chi connectivity index (χ3v) is 3.08. The first kappa shape index (κ1) is 14.4. The maximum absolute atomic E-state index is 13.0. The summed E-state index contributed by atoms with van der Waals surface area (Å²) in [5.41, 5.74) is 1.87. The first-order valence-corrected chi connectivity index (χ1v) is 6.74. The van der Waals surface area contributed by atoms with Crippen LogP contribution in [-0.4, -0.2) is 20.2 Å². The minimum absolute atomic E-state index is 0.325. The molecule has 0 saturated carbocycles. The number of hydrogen-bond acceptors (Lipinski definition) is 5. The standard InChI is InChI=1S/C16H11FN6/c17-13-5-7-14(8-6-13)23-16(20-21-22-23)9-10-19-15-4-2-1-3-12(15)11-18/h1-10,19H. The summed E-state index contributed by atoms with van der Waals surface area (Å²) < 4.78 is 14.5. The van der Waals surface area contributed by atoms with Gasteiger partial charge in [0.15, 0.2) is 5.82 Å². The quantitative estimate of drug-likeness (QED) is 0.801. The van der Waals surface area contributed by atoms with Gasteiger partial charge in [-0.05, 0) is 46.8 Å². The molecule has 0 radical (unpaired) electrons. The number of rotatable bonds is 4. The smallest absolute Gasteiger partial charge is 0.181 e. The molecule has 23 heavy (non-hydrogen) atoms. The highest BCUT2D eigenvalue weighted by Gasteiger charge is 2.05. The van der Waals surface area contributed by atoms with E-state index in [1.165, 1.54) is 16.8 Å². The number of tetrazole rings is 1. The molecule has 0 aliphatic heterocycles. The number of nitriles is 1. The number of para-hydroxylation sites is 1. The molecule has 1 aromatic heterocycles. The van der Waals surface area contributed by atoms with E-state index in [9.17, 15) is 4.39 Å².